The summed E-state index contributed by atoms with van der Waals surface area (Å²) in [7, 11) is 0. The van der Waals surface area contributed by atoms with Gasteiger partial charge in [0.05, 0.1) is 5.69 Å². The minimum absolute atomic E-state index is 0.0655. The molecule has 1 rings (SSSR count). The smallest absolute Gasteiger partial charge is 0.296 e. The van der Waals surface area contributed by atoms with Crippen LogP contribution in [-0.4, -0.2) is 27.5 Å². The first-order valence-corrected chi connectivity index (χ1v) is 3.36. The van der Waals surface area contributed by atoms with Crippen LogP contribution >= 0.6 is 0 Å². The van der Waals surface area contributed by atoms with Crippen molar-refractivity contribution in [2.45, 2.75) is 19.6 Å². The van der Waals surface area contributed by atoms with Crippen molar-refractivity contribution in [1.29, 1.82) is 0 Å². The molecule has 0 aliphatic carbocycles. The number of hydrogen-bond acceptors (Lipinski definition) is 3. The summed E-state index contributed by atoms with van der Waals surface area (Å²) < 4.78 is 36.2. The Bertz CT molecular complexity index is 317. The molecule has 0 saturated carbocycles. The second kappa shape index (κ2) is 3.15. The summed E-state index contributed by atoms with van der Waals surface area (Å²) in [6, 6.07) is 0. The van der Waals surface area contributed by atoms with E-state index in [9.17, 15) is 18.0 Å². The Morgan fingerprint density at radius 2 is 2.15 bits per heavy atom. The van der Waals surface area contributed by atoms with Gasteiger partial charge in [0.1, 0.15) is 12.2 Å². The van der Waals surface area contributed by atoms with Crippen LogP contribution in [0.15, 0.2) is 0 Å². The van der Waals surface area contributed by atoms with E-state index in [-0.39, 0.29) is 11.4 Å². The van der Waals surface area contributed by atoms with Gasteiger partial charge in [0, 0.05) is 0 Å². The van der Waals surface area contributed by atoms with Gasteiger partial charge < -0.3 is 0 Å². The number of carbonyl (C=O) groups excluding carboxylic acids is 1. The van der Waals surface area contributed by atoms with Gasteiger partial charge in [-0.1, -0.05) is 5.21 Å². The summed E-state index contributed by atoms with van der Waals surface area (Å²) in [6.07, 6.45) is -3.98. The Morgan fingerprint density at radius 3 is 2.54 bits per heavy atom. The van der Waals surface area contributed by atoms with Crippen molar-refractivity contribution in [3.63, 3.8) is 0 Å². The molecular formula is C6H6F3N3O. The molecule has 0 aliphatic rings. The Hall–Kier alpha value is -1.40. The number of aldehydes is 1. The van der Waals surface area contributed by atoms with Gasteiger partial charge in [-0.05, 0) is 6.92 Å². The molecule has 0 radical (unpaired) electrons. The quantitative estimate of drug-likeness (QED) is 0.657. The highest BCUT2D eigenvalue weighted by molar-refractivity contribution is 5.72. The first kappa shape index (κ1) is 9.69. The molecular weight excluding hydrogens is 187 g/mol. The van der Waals surface area contributed by atoms with Gasteiger partial charge in [0.15, 0.2) is 6.29 Å². The molecule has 4 nitrogen and oxygen atoms in total. The van der Waals surface area contributed by atoms with E-state index < -0.39 is 12.7 Å². The monoisotopic (exact) mass is 193 g/mol. The molecule has 0 aromatic carbocycles. The van der Waals surface area contributed by atoms with E-state index in [0.717, 1.165) is 0 Å². The van der Waals surface area contributed by atoms with E-state index in [4.69, 9.17) is 0 Å². The number of aromatic nitrogens is 3. The maximum atomic E-state index is 11.9. The van der Waals surface area contributed by atoms with Gasteiger partial charge in [-0.15, -0.1) is 5.10 Å². The number of alkyl halides is 3. The molecule has 1 heterocycles. The molecule has 1 aromatic rings. The van der Waals surface area contributed by atoms with Crippen molar-refractivity contribution in [1.82, 2.24) is 15.0 Å². The van der Waals surface area contributed by atoms with Gasteiger partial charge in [-0.25, -0.2) is 4.68 Å². The van der Waals surface area contributed by atoms with Crippen LogP contribution in [0.2, 0.25) is 0 Å². The summed E-state index contributed by atoms with van der Waals surface area (Å²) in [4.78, 5) is 10.2. The number of nitrogens with zero attached hydrogens (tertiary/aromatic N) is 3. The summed E-state index contributed by atoms with van der Waals surface area (Å²) >= 11 is 0. The Kier molecular flexibility index (Phi) is 2.35. The van der Waals surface area contributed by atoms with E-state index in [1.54, 1.807) is 0 Å². The highest BCUT2D eigenvalue weighted by Crippen LogP contribution is 2.17. The molecule has 72 valence electrons. The third-order valence-corrected chi connectivity index (χ3v) is 1.46. The predicted molar refractivity (Wildman–Crippen MR) is 36.2 cm³/mol. The lowest BCUT2D eigenvalue weighted by atomic mass is 10.4. The molecule has 0 bridgehead atoms. The standard InChI is InChI=1S/C6H6F3N3O/c1-4-5(2-13)10-11-12(4)3-6(7,8)9/h2H,3H2,1H3. The minimum Gasteiger partial charge on any atom is -0.296 e. The molecule has 13 heavy (non-hydrogen) atoms. The third kappa shape index (κ3) is 2.27. The molecule has 0 atom stereocenters. The lowest BCUT2D eigenvalue weighted by molar-refractivity contribution is -0.143. The zero-order valence-electron chi connectivity index (χ0n) is 6.67. The van der Waals surface area contributed by atoms with Crippen LogP contribution in [0.1, 0.15) is 16.2 Å². The van der Waals surface area contributed by atoms with Gasteiger partial charge in [-0.2, -0.15) is 13.2 Å². The lowest BCUT2D eigenvalue weighted by Gasteiger charge is -2.06. The number of carbonyl (C=O) groups is 1. The maximum Gasteiger partial charge on any atom is 0.408 e. The first-order chi connectivity index (χ1) is 5.94. The average Bonchev–Trinajstić information content (AvgIpc) is 2.30. The molecule has 0 amide bonds. The van der Waals surface area contributed by atoms with Gasteiger partial charge in [-0.3, -0.25) is 4.79 Å². The van der Waals surface area contributed by atoms with Gasteiger partial charge in [0.2, 0.25) is 0 Å². The Morgan fingerprint density at radius 1 is 1.54 bits per heavy atom. The summed E-state index contributed by atoms with van der Waals surface area (Å²) in [5.41, 5.74) is 0.0524. The highest BCUT2D eigenvalue weighted by atomic mass is 19.4. The van der Waals surface area contributed by atoms with Crippen molar-refractivity contribution in [3.05, 3.63) is 11.4 Å². The van der Waals surface area contributed by atoms with Crippen LogP contribution in [0.5, 0.6) is 0 Å². The maximum absolute atomic E-state index is 11.9. The fraction of sp³-hybridized carbons (Fsp3) is 0.500. The Balaban J connectivity index is 2.90. The SMILES string of the molecule is Cc1c(C=O)nnn1CC(F)(F)F. The van der Waals surface area contributed by atoms with Crippen molar-refractivity contribution >= 4 is 6.29 Å². The zero-order chi connectivity index (χ0) is 10.1. The molecule has 0 aliphatic heterocycles. The first-order valence-electron chi connectivity index (χ1n) is 3.36. The second-order valence-corrected chi connectivity index (χ2v) is 2.45. The van der Waals surface area contributed by atoms with Crippen LogP contribution in [0, 0.1) is 6.92 Å². The fourth-order valence-electron chi connectivity index (χ4n) is 0.803. The van der Waals surface area contributed by atoms with Gasteiger partial charge >= 0.3 is 6.18 Å². The predicted octanol–water partition coefficient (Wildman–Crippen LogP) is 0.961. The molecule has 0 fully saturated rings. The highest BCUT2D eigenvalue weighted by Gasteiger charge is 2.29. The van der Waals surface area contributed by atoms with Crippen LogP contribution in [-0.2, 0) is 6.54 Å². The number of halogens is 3. The van der Waals surface area contributed by atoms with E-state index in [0.29, 0.717) is 11.0 Å². The molecule has 7 heteroatoms. The van der Waals surface area contributed by atoms with Crippen LogP contribution in [0.3, 0.4) is 0 Å². The molecule has 0 unspecified atom stereocenters. The van der Waals surface area contributed by atoms with Crippen LogP contribution in [0.25, 0.3) is 0 Å². The number of rotatable bonds is 2. The van der Waals surface area contributed by atoms with Crippen LogP contribution < -0.4 is 0 Å². The fourth-order valence-corrected chi connectivity index (χ4v) is 0.803. The molecule has 0 saturated heterocycles. The average molecular weight is 193 g/mol. The molecule has 0 spiro atoms. The number of hydrogen-bond donors (Lipinski definition) is 0. The van der Waals surface area contributed by atoms with Crippen molar-refractivity contribution in [2.75, 3.05) is 0 Å². The van der Waals surface area contributed by atoms with Crippen LogP contribution in [0.4, 0.5) is 13.2 Å². The van der Waals surface area contributed by atoms with Gasteiger partial charge in [0.25, 0.3) is 0 Å². The Labute approximate surface area is 71.3 Å². The van der Waals surface area contributed by atoms with E-state index >= 15 is 0 Å². The second-order valence-electron chi connectivity index (χ2n) is 2.45. The van der Waals surface area contributed by atoms with Crippen molar-refractivity contribution in [2.24, 2.45) is 0 Å². The molecule has 1 aromatic heterocycles. The largest absolute Gasteiger partial charge is 0.408 e. The molecule has 0 N–H and O–H groups in total. The van der Waals surface area contributed by atoms with E-state index in [2.05, 4.69) is 10.3 Å². The topological polar surface area (TPSA) is 47.8 Å². The minimum atomic E-state index is -4.35. The summed E-state index contributed by atoms with van der Waals surface area (Å²) in [6.45, 7) is 0.134. The van der Waals surface area contributed by atoms with E-state index in [1.807, 2.05) is 0 Å². The zero-order valence-corrected chi connectivity index (χ0v) is 6.67. The summed E-state index contributed by atoms with van der Waals surface area (Å²) in [5, 5.41) is 6.45. The van der Waals surface area contributed by atoms with E-state index in [1.165, 1.54) is 6.92 Å². The normalized spacial score (nSPS) is 11.7. The van der Waals surface area contributed by atoms with Crippen molar-refractivity contribution in [3.8, 4) is 0 Å². The summed E-state index contributed by atoms with van der Waals surface area (Å²) in [5.74, 6) is 0. The van der Waals surface area contributed by atoms with Crippen molar-refractivity contribution < 1.29 is 18.0 Å². The third-order valence-electron chi connectivity index (χ3n) is 1.46. The lowest BCUT2D eigenvalue weighted by Crippen LogP contribution is -2.19.